The summed E-state index contributed by atoms with van der Waals surface area (Å²) in [4.78, 5) is 12.5. The third kappa shape index (κ3) is 2.92. The van der Waals surface area contributed by atoms with Crippen LogP contribution in [0.3, 0.4) is 0 Å². The lowest BCUT2D eigenvalue weighted by atomic mass is 10.0. The predicted octanol–water partition coefficient (Wildman–Crippen LogP) is 3.31. The van der Waals surface area contributed by atoms with Crippen LogP contribution < -0.4 is 15.2 Å². The number of methoxy groups -OCH3 is 2. The molecule has 0 fully saturated rings. The molecule has 2 N–H and O–H groups in total. The van der Waals surface area contributed by atoms with Crippen molar-refractivity contribution in [2.24, 2.45) is 0 Å². The van der Waals surface area contributed by atoms with E-state index in [1.807, 2.05) is 0 Å². The zero-order valence-corrected chi connectivity index (χ0v) is 12.2. The van der Waals surface area contributed by atoms with Crippen LogP contribution in [-0.4, -0.2) is 20.0 Å². The monoisotopic (exact) mass is 309 g/mol. The molecule has 0 atom stereocenters. The van der Waals surface area contributed by atoms with Gasteiger partial charge in [0.05, 0.1) is 19.8 Å². The highest BCUT2D eigenvalue weighted by Gasteiger charge is 2.20. The topological polar surface area (TPSA) is 61.5 Å². The Balaban J connectivity index is 2.55. The van der Waals surface area contributed by atoms with Gasteiger partial charge in [-0.1, -0.05) is 11.6 Å². The number of carbonyl (C=O) groups is 1. The predicted molar refractivity (Wildman–Crippen MR) is 78.8 cm³/mol. The summed E-state index contributed by atoms with van der Waals surface area (Å²) in [6.45, 7) is 0. The van der Waals surface area contributed by atoms with E-state index in [1.165, 1.54) is 26.4 Å². The van der Waals surface area contributed by atoms with E-state index in [4.69, 9.17) is 26.8 Å². The van der Waals surface area contributed by atoms with Crippen LogP contribution in [0.15, 0.2) is 30.3 Å². The second-order valence-corrected chi connectivity index (χ2v) is 4.64. The molecule has 0 unspecified atom stereocenters. The number of nitrogen functional groups attached to an aromatic ring is 1. The fourth-order valence-electron chi connectivity index (χ4n) is 1.97. The fraction of sp³-hybridized carbons (Fsp3) is 0.133. The average Bonchev–Trinajstić information content (AvgIpc) is 2.45. The van der Waals surface area contributed by atoms with Crippen molar-refractivity contribution in [3.63, 3.8) is 0 Å². The quantitative estimate of drug-likeness (QED) is 0.695. The van der Waals surface area contributed by atoms with Crippen molar-refractivity contribution in [1.29, 1.82) is 0 Å². The average molecular weight is 310 g/mol. The Morgan fingerprint density at radius 3 is 2.48 bits per heavy atom. The van der Waals surface area contributed by atoms with Gasteiger partial charge < -0.3 is 15.2 Å². The van der Waals surface area contributed by atoms with Crippen LogP contribution in [0.4, 0.5) is 10.1 Å². The fourth-order valence-corrected chi connectivity index (χ4v) is 2.29. The van der Waals surface area contributed by atoms with Crippen molar-refractivity contribution >= 4 is 23.1 Å². The Bertz CT molecular complexity index is 683. The van der Waals surface area contributed by atoms with Crippen LogP contribution in [0.2, 0.25) is 5.02 Å². The Labute approximate surface area is 126 Å². The van der Waals surface area contributed by atoms with Gasteiger partial charge in [-0.3, -0.25) is 4.79 Å². The standard InChI is InChI=1S/C15H13ClFNO3/c1-20-12-4-3-11(15(21-2)13(12)16)14(19)8-5-9(17)7-10(18)6-8/h3-7H,18H2,1-2H3. The van der Waals surface area contributed by atoms with E-state index in [0.717, 1.165) is 12.1 Å². The van der Waals surface area contributed by atoms with Crippen LogP contribution in [-0.2, 0) is 0 Å². The molecule has 2 aromatic carbocycles. The molecule has 0 saturated carbocycles. The third-order valence-electron chi connectivity index (χ3n) is 2.91. The normalized spacial score (nSPS) is 10.3. The van der Waals surface area contributed by atoms with Gasteiger partial charge in [0.15, 0.2) is 11.5 Å². The van der Waals surface area contributed by atoms with Crippen LogP contribution >= 0.6 is 11.6 Å². The maximum atomic E-state index is 13.4. The number of anilines is 1. The number of benzene rings is 2. The Kier molecular flexibility index (Phi) is 4.33. The van der Waals surface area contributed by atoms with Gasteiger partial charge in [-0.15, -0.1) is 0 Å². The van der Waals surface area contributed by atoms with Crippen LogP contribution in [0.1, 0.15) is 15.9 Å². The first kappa shape index (κ1) is 15.1. The summed E-state index contributed by atoms with van der Waals surface area (Å²) in [5.41, 5.74) is 6.04. The lowest BCUT2D eigenvalue weighted by molar-refractivity contribution is 0.103. The van der Waals surface area contributed by atoms with Crippen molar-refractivity contribution in [1.82, 2.24) is 0 Å². The zero-order chi connectivity index (χ0) is 15.6. The molecular weight excluding hydrogens is 297 g/mol. The highest BCUT2D eigenvalue weighted by atomic mass is 35.5. The van der Waals surface area contributed by atoms with Gasteiger partial charge in [-0.05, 0) is 30.3 Å². The molecule has 0 aromatic heterocycles. The molecule has 4 nitrogen and oxygen atoms in total. The van der Waals surface area contributed by atoms with E-state index < -0.39 is 11.6 Å². The summed E-state index contributed by atoms with van der Waals surface area (Å²) in [7, 11) is 2.84. The minimum atomic E-state index is -0.586. The lowest BCUT2D eigenvalue weighted by Gasteiger charge is -2.12. The number of hydrogen-bond acceptors (Lipinski definition) is 4. The van der Waals surface area contributed by atoms with Gasteiger partial charge in [0, 0.05) is 11.3 Å². The van der Waals surface area contributed by atoms with Gasteiger partial charge in [0.2, 0.25) is 0 Å². The van der Waals surface area contributed by atoms with E-state index in [0.29, 0.717) is 5.75 Å². The van der Waals surface area contributed by atoms with E-state index in [-0.39, 0.29) is 27.6 Å². The SMILES string of the molecule is COc1ccc(C(=O)c2cc(N)cc(F)c2)c(OC)c1Cl. The van der Waals surface area contributed by atoms with Crippen molar-refractivity contribution in [3.8, 4) is 11.5 Å². The van der Waals surface area contributed by atoms with E-state index in [9.17, 15) is 9.18 Å². The Hall–Kier alpha value is -2.27. The van der Waals surface area contributed by atoms with Gasteiger partial charge >= 0.3 is 0 Å². The zero-order valence-electron chi connectivity index (χ0n) is 11.4. The number of halogens is 2. The summed E-state index contributed by atoms with van der Waals surface area (Å²) >= 11 is 6.11. The molecule has 0 bridgehead atoms. The molecule has 110 valence electrons. The molecule has 0 saturated heterocycles. The minimum Gasteiger partial charge on any atom is -0.495 e. The van der Waals surface area contributed by atoms with Crippen molar-refractivity contribution in [2.45, 2.75) is 0 Å². The van der Waals surface area contributed by atoms with Crippen molar-refractivity contribution < 1.29 is 18.7 Å². The maximum absolute atomic E-state index is 13.4. The summed E-state index contributed by atoms with van der Waals surface area (Å²) in [5.74, 6) is -0.479. The lowest BCUT2D eigenvalue weighted by Crippen LogP contribution is -2.06. The van der Waals surface area contributed by atoms with E-state index in [1.54, 1.807) is 6.07 Å². The number of nitrogens with two attached hydrogens (primary N) is 1. The van der Waals surface area contributed by atoms with Gasteiger partial charge in [-0.2, -0.15) is 0 Å². The molecule has 0 heterocycles. The first-order chi connectivity index (χ1) is 9.97. The highest BCUT2D eigenvalue weighted by molar-refractivity contribution is 6.34. The van der Waals surface area contributed by atoms with Gasteiger partial charge in [0.25, 0.3) is 0 Å². The van der Waals surface area contributed by atoms with Gasteiger partial charge in [0.1, 0.15) is 16.6 Å². The summed E-state index contributed by atoms with van der Waals surface area (Å²) < 4.78 is 23.6. The summed E-state index contributed by atoms with van der Waals surface area (Å²) in [6.07, 6.45) is 0. The molecular formula is C15H13ClFNO3. The Morgan fingerprint density at radius 1 is 1.19 bits per heavy atom. The smallest absolute Gasteiger partial charge is 0.196 e. The maximum Gasteiger partial charge on any atom is 0.196 e. The molecule has 2 aromatic rings. The third-order valence-corrected chi connectivity index (χ3v) is 3.27. The largest absolute Gasteiger partial charge is 0.495 e. The van der Waals surface area contributed by atoms with Gasteiger partial charge in [-0.25, -0.2) is 4.39 Å². The second-order valence-electron chi connectivity index (χ2n) is 4.26. The molecule has 0 spiro atoms. The molecule has 0 aliphatic heterocycles. The Morgan fingerprint density at radius 2 is 1.90 bits per heavy atom. The number of ketones is 1. The molecule has 2 rings (SSSR count). The number of carbonyl (C=O) groups excluding carboxylic acids is 1. The van der Waals surface area contributed by atoms with Crippen LogP contribution in [0.5, 0.6) is 11.5 Å². The molecule has 0 aliphatic carbocycles. The van der Waals surface area contributed by atoms with Crippen LogP contribution in [0.25, 0.3) is 0 Å². The van der Waals surface area contributed by atoms with E-state index in [2.05, 4.69) is 0 Å². The second kappa shape index (κ2) is 6.01. The number of rotatable bonds is 4. The molecule has 21 heavy (non-hydrogen) atoms. The molecule has 6 heteroatoms. The highest BCUT2D eigenvalue weighted by Crippen LogP contribution is 2.37. The van der Waals surface area contributed by atoms with Crippen molar-refractivity contribution in [3.05, 3.63) is 52.3 Å². The first-order valence-electron chi connectivity index (χ1n) is 5.99. The molecule has 0 aliphatic rings. The summed E-state index contributed by atoms with van der Waals surface area (Å²) in [5, 5.41) is 0.176. The van der Waals surface area contributed by atoms with Crippen LogP contribution in [0, 0.1) is 5.82 Å². The van der Waals surface area contributed by atoms with Crippen molar-refractivity contribution in [2.75, 3.05) is 20.0 Å². The minimum absolute atomic E-state index is 0.118. The first-order valence-corrected chi connectivity index (χ1v) is 6.37. The molecule has 0 radical (unpaired) electrons. The van der Waals surface area contributed by atoms with E-state index >= 15 is 0 Å². The molecule has 0 amide bonds. The summed E-state index contributed by atoms with van der Waals surface area (Å²) in [6, 6.07) is 6.68. The number of hydrogen-bond donors (Lipinski definition) is 1. The number of ether oxygens (including phenoxy) is 2.